The summed E-state index contributed by atoms with van der Waals surface area (Å²) in [6.07, 6.45) is 0. The molecule has 2 nitrogen and oxygen atoms in total. The molecule has 0 aliphatic carbocycles. The van der Waals surface area contributed by atoms with Gasteiger partial charge in [-0.2, -0.15) is 8.78 Å². The van der Waals surface area contributed by atoms with Crippen molar-refractivity contribution in [3.05, 3.63) is 54.1 Å². The fourth-order valence-corrected chi connectivity index (χ4v) is 2.47. The van der Waals surface area contributed by atoms with Crippen molar-refractivity contribution in [3.8, 4) is 5.75 Å². The molecule has 0 radical (unpaired) electrons. The van der Waals surface area contributed by atoms with Gasteiger partial charge in [-0.3, -0.25) is 0 Å². The molecule has 2 aromatic carbocycles. The smallest absolute Gasteiger partial charge is 0.288 e. The fourth-order valence-electron chi connectivity index (χ4n) is 1.86. The third-order valence-corrected chi connectivity index (χ3v) is 3.66. The molecule has 106 valence electrons. The van der Waals surface area contributed by atoms with Crippen molar-refractivity contribution < 1.29 is 13.9 Å². The number of benzene rings is 2. The lowest BCUT2D eigenvalue weighted by atomic mass is 10.1. The SMILES string of the molecule is CC(Nc1ccccc1SC(F)F)c1ccc(O)cc1. The third-order valence-electron chi connectivity index (χ3n) is 2.87. The second kappa shape index (κ2) is 6.61. The van der Waals surface area contributed by atoms with E-state index in [2.05, 4.69) is 5.32 Å². The molecule has 0 saturated heterocycles. The van der Waals surface area contributed by atoms with Crippen molar-refractivity contribution in [1.29, 1.82) is 0 Å². The van der Waals surface area contributed by atoms with Crippen LogP contribution in [-0.4, -0.2) is 10.9 Å². The van der Waals surface area contributed by atoms with Crippen LogP contribution in [0.3, 0.4) is 0 Å². The highest BCUT2D eigenvalue weighted by Crippen LogP contribution is 2.33. The van der Waals surface area contributed by atoms with Crippen LogP contribution < -0.4 is 5.32 Å². The van der Waals surface area contributed by atoms with Crippen LogP contribution >= 0.6 is 11.8 Å². The average molecular weight is 295 g/mol. The Hall–Kier alpha value is -1.75. The zero-order valence-corrected chi connectivity index (χ0v) is 11.7. The fraction of sp³-hybridized carbons (Fsp3) is 0.200. The zero-order chi connectivity index (χ0) is 14.5. The van der Waals surface area contributed by atoms with Crippen LogP contribution in [0, 0.1) is 0 Å². The summed E-state index contributed by atoms with van der Waals surface area (Å²) in [6.45, 7) is 1.94. The maximum absolute atomic E-state index is 12.5. The number of phenols is 1. The molecule has 0 saturated carbocycles. The van der Waals surface area contributed by atoms with Gasteiger partial charge in [0.15, 0.2) is 0 Å². The van der Waals surface area contributed by atoms with Crippen molar-refractivity contribution in [2.45, 2.75) is 23.6 Å². The molecular formula is C15H15F2NOS. The Kier molecular flexibility index (Phi) is 4.84. The number of halogens is 2. The number of phenolic OH excluding ortho intramolecular Hbond substituents is 1. The van der Waals surface area contributed by atoms with Gasteiger partial charge in [0, 0.05) is 16.6 Å². The molecule has 0 bridgehead atoms. The summed E-state index contributed by atoms with van der Waals surface area (Å²) in [5.74, 6) is -2.24. The molecule has 2 N–H and O–H groups in total. The predicted molar refractivity (Wildman–Crippen MR) is 78.4 cm³/mol. The van der Waals surface area contributed by atoms with E-state index < -0.39 is 5.76 Å². The van der Waals surface area contributed by atoms with Gasteiger partial charge in [-0.05, 0) is 36.8 Å². The van der Waals surface area contributed by atoms with E-state index in [-0.39, 0.29) is 11.8 Å². The van der Waals surface area contributed by atoms with E-state index >= 15 is 0 Å². The average Bonchev–Trinajstić information content (AvgIpc) is 2.41. The molecule has 20 heavy (non-hydrogen) atoms. The minimum Gasteiger partial charge on any atom is -0.508 e. The molecular weight excluding hydrogens is 280 g/mol. The lowest BCUT2D eigenvalue weighted by molar-refractivity contribution is 0.252. The van der Waals surface area contributed by atoms with Gasteiger partial charge in [-0.25, -0.2) is 0 Å². The van der Waals surface area contributed by atoms with Crippen molar-refractivity contribution >= 4 is 17.4 Å². The molecule has 2 aromatic rings. The molecule has 0 aromatic heterocycles. The highest BCUT2D eigenvalue weighted by Gasteiger charge is 2.12. The van der Waals surface area contributed by atoms with Gasteiger partial charge in [-0.15, -0.1) is 0 Å². The van der Waals surface area contributed by atoms with Crippen LogP contribution in [0.4, 0.5) is 14.5 Å². The van der Waals surface area contributed by atoms with Gasteiger partial charge < -0.3 is 10.4 Å². The standard InChI is InChI=1S/C15H15F2NOS/c1-10(11-6-8-12(19)9-7-11)18-13-4-2-3-5-14(13)20-15(16)17/h2-10,15,18-19H,1H3. The number of alkyl halides is 2. The molecule has 0 aliphatic rings. The van der Waals surface area contributed by atoms with E-state index in [0.717, 1.165) is 5.56 Å². The zero-order valence-electron chi connectivity index (χ0n) is 10.9. The molecule has 1 unspecified atom stereocenters. The molecule has 0 fully saturated rings. The van der Waals surface area contributed by atoms with E-state index in [1.807, 2.05) is 6.92 Å². The van der Waals surface area contributed by atoms with E-state index in [4.69, 9.17) is 0 Å². The number of anilines is 1. The largest absolute Gasteiger partial charge is 0.508 e. The van der Waals surface area contributed by atoms with Gasteiger partial charge in [0.2, 0.25) is 0 Å². The first-order chi connectivity index (χ1) is 9.56. The van der Waals surface area contributed by atoms with Crippen molar-refractivity contribution in [2.75, 3.05) is 5.32 Å². The Morgan fingerprint density at radius 3 is 2.35 bits per heavy atom. The van der Waals surface area contributed by atoms with Gasteiger partial charge in [0.05, 0.1) is 0 Å². The summed E-state index contributed by atoms with van der Waals surface area (Å²) in [7, 11) is 0. The van der Waals surface area contributed by atoms with Crippen molar-refractivity contribution in [2.24, 2.45) is 0 Å². The highest BCUT2D eigenvalue weighted by atomic mass is 32.2. The molecule has 0 heterocycles. The van der Waals surface area contributed by atoms with E-state index in [9.17, 15) is 13.9 Å². The van der Waals surface area contributed by atoms with E-state index in [1.54, 1.807) is 48.5 Å². The minimum atomic E-state index is -2.44. The van der Waals surface area contributed by atoms with Crippen LogP contribution in [0.2, 0.25) is 0 Å². The number of hydrogen-bond acceptors (Lipinski definition) is 3. The summed E-state index contributed by atoms with van der Waals surface area (Å²) in [5.41, 5.74) is 1.65. The first-order valence-corrected chi connectivity index (χ1v) is 7.03. The monoisotopic (exact) mass is 295 g/mol. The number of thioether (sulfide) groups is 1. The maximum Gasteiger partial charge on any atom is 0.288 e. The number of para-hydroxylation sites is 1. The van der Waals surface area contributed by atoms with Crippen LogP contribution in [0.5, 0.6) is 5.75 Å². The third kappa shape index (κ3) is 3.87. The van der Waals surface area contributed by atoms with Crippen LogP contribution in [0.25, 0.3) is 0 Å². The van der Waals surface area contributed by atoms with E-state index in [1.165, 1.54) is 0 Å². The molecule has 0 spiro atoms. The minimum absolute atomic E-state index is 0.0463. The van der Waals surface area contributed by atoms with Crippen LogP contribution in [-0.2, 0) is 0 Å². The number of aromatic hydroxyl groups is 1. The summed E-state index contributed by atoms with van der Waals surface area (Å²) >= 11 is 0.529. The summed E-state index contributed by atoms with van der Waals surface area (Å²) in [4.78, 5) is 0.521. The molecule has 5 heteroatoms. The van der Waals surface area contributed by atoms with Crippen LogP contribution in [0.15, 0.2) is 53.4 Å². The maximum atomic E-state index is 12.5. The first-order valence-electron chi connectivity index (χ1n) is 6.15. The molecule has 1 atom stereocenters. The Morgan fingerprint density at radius 2 is 1.70 bits per heavy atom. The number of nitrogens with one attached hydrogen (secondary N) is 1. The molecule has 0 aliphatic heterocycles. The van der Waals surface area contributed by atoms with Crippen molar-refractivity contribution in [3.63, 3.8) is 0 Å². The number of rotatable bonds is 5. The first kappa shape index (κ1) is 14.7. The summed E-state index contributed by atoms with van der Waals surface area (Å²) in [6, 6.07) is 13.8. The summed E-state index contributed by atoms with van der Waals surface area (Å²) in [5, 5.41) is 12.5. The van der Waals surface area contributed by atoms with Gasteiger partial charge in [0.25, 0.3) is 5.76 Å². The predicted octanol–water partition coefficient (Wildman–Crippen LogP) is 4.88. The second-order valence-electron chi connectivity index (χ2n) is 4.33. The Bertz CT molecular complexity index is 560. The Labute approximate surface area is 120 Å². The quantitative estimate of drug-likeness (QED) is 0.771. The van der Waals surface area contributed by atoms with Gasteiger partial charge in [0.1, 0.15) is 5.75 Å². The Morgan fingerprint density at radius 1 is 1.05 bits per heavy atom. The van der Waals surface area contributed by atoms with Gasteiger partial charge >= 0.3 is 0 Å². The van der Waals surface area contributed by atoms with Crippen LogP contribution in [0.1, 0.15) is 18.5 Å². The second-order valence-corrected chi connectivity index (χ2v) is 5.36. The molecule has 2 rings (SSSR count). The lowest BCUT2D eigenvalue weighted by Gasteiger charge is -2.18. The summed E-state index contributed by atoms with van der Waals surface area (Å²) < 4.78 is 25.0. The molecule has 0 amide bonds. The number of hydrogen-bond donors (Lipinski definition) is 2. The highest BCUT2D eigenvalue weighted by molar-refractivity contribution is 7.99. The van der Waals surface area contributed by atoms with Crippen molar-refractivity contribution in [1.82, 2.24) is 0 Å². The van der Waals surface area contributed by atoms with E-state index in [0.29, 0.717) is 22.3 Å². The lowest BCUT2D eigenvalue weighted by Crippen LogP contribution is -2.07. The normalized spacial score (nSPS) is 12.4. The Balaban J connectivity index is 2.15. The topological polar surface area (TPSA) is 32.3 Å². The van der Waals surface area contributed by atoms with Gasteiger partial charge in [-0.1, -0.05) is 36.0 Å².